The van der Waals surface area contributed by atoms with E-state index in [1.54, 1.807) is 0 Å². The van der Waals surface area contributed by atoms with Crippen LogP contribution in [0.2, 0.25) is 0 Å². The first-order valence-corrected chi connectivity index (χ1v) is 13.7. The van der Waals surface area contributed by atoms with Crippen molar-refractivity contribution in [3.8, 4) is 0 Å². The van der Waals surface area contributed by atoms with Gasteiger partial charge in [-0.05, 0) is 130 Å². The van der Waals surface area contributed by atoms with E-state index in [1.165, 1.54) is 63.4 Å². The quantitative estimate of drug-likeness (QED) is 0.527. The summed E-state index contributed by atoms with van der Waals surface area (Å²) in [4.78, 5) is 0. The lowest BCUT2D eigenvalue weighted by Crippen LogP contribution is -2.54. The molecule has 0 bridgehead atoms. The maximum absolute atomic E-state index is 6.29. The molecule has 4 saturated carbocycles. The van der Waals surface area contributed by atoms with Gasteiger partial charge in [-0.25, -0.2) is 0 Å². The van der Waals surface area contributed by atoms with Crippen LogP contribution in [0.4, 0.5) is 5.82 Å². The van der Waals surface area contributed by atoms with Gasteiger partial charge in [-0.15, -0.1) is 0 Å². The van der Waals surface area contributed by atoms with E-state index < -0.39 is 0 Å². The van der Waals surface area contributed by atoms with Gasteiger partial charge in [-0.2, -0.15) is 5.10 Å². The summed E-state index contributed by atoms with van der Waals surface area (Å²) in [7, 11) is 0. The van der Waals surface area contributed by atoms with Crippen molar-refractivity contribution in [2.75, 3.05) is 5.73 Å². The zero-order valence-electron chi connectivity index (χ0n) is 21.1. The van der Waals surface area contributed by atoms with Crippen molar-refractivity contribution in [2.24, 2.45) is 34.5 Å². The first kappa shape index (κ1) is 21.9. The SMILES string of the molecule is CC(C)O[C@@H]1CC[C@@]2(C)[C@@H](CC[C@@H]3[C@@H]2CC[C@]2(C)[C@@H](c4ccc5c(N)n[nH]c5c4)CC[C@@H]32)C1. The Kier molecular flexibility index (Phi) is 5.14. The zero-order valence-corrected chi connectivity index (χ0v) is 21.1. The average Bonchev–Trinajstić information content (AvgIpc) is 3.33. The number of H-pyrrole nitrogens is 1. The molecule has 180 valence electrons. The van der Waals surface area contributed by atoms with E-state index in [0.717, 1.165) is 34.6 Å². The summed E-state index contributed by atoms with van der Waals surface area (Å²) >= 11 is 0. The predicted octanol–water partition coefficient (Wildman–Crippen LogP) is 7.07. The molecule has 8 atom stereocenters. The second kappa shape index (κ2) is 7.73. The summed E-state index contributed by atoms with van der Waals surface area (Å²) in [6, 6.07) is 6.87. The molecule has 4 aliphatic carbocycles. The molecule has 4 heteroatoms. The molecule has 33 heavy (non-hydrogen) atoms. The van der Waals surface area contributed by atoms with Gasteiger partial charge in [0.05, 0.1) is 17.7 Å². The lowest BCUT2D eigenvalue weighted by Gasteiger charge is -2.61. The Morgan fingerprint density at radius 1 is 1.00 bits per heavy atom. The fraction of sp³-hybridized carbons (Fsp3) is 0.759. The van der Waals surface area contributed by atoms with Crippen LogP contribution >= 0.6 is 0 Å². The molecule has 4 aliphatic rings. The van der Waals surface area contributed by atoms with E-state index in [1.807, 2.05) is 0 Å². The van der Waals surface area contributed by atoms with Gasteiger partial charge >= 0.3 is 0 Å². The molecule has 0 unspecified atom stereocenters. The molecule has 4 nitrogen and oxygen atoms in total. The monoisotopic (exact) mass is 449 g/mol. The minimum atomic E-state index is 0.360. The number of nitrogen functional groups attached to an aromatic ring is 1. The Balaban J connectivity index is 1.24. The topological polar surface area (TPSA) is 63.9 Å². The highest BCUT2D eigenvalue weighted by Crippen LogP contribution is 2.69. The van der Waals surface area contributed by atoms with Crippen molar-refractivity contribution in [1.82, 2.24) is 10.2 Å². The molecule has 2 aromatic rings. The van der Waals surface area contributed by atoms with Crippen LogP contribution in [0.25, 0.3) is 10.9 Å². The van der Waals surface area contributed by atoms with Crippen LogP contribution in [0.15, 0.2) is 18.2 Å². The van der Waals surface area contributed by atoms with Crippen molar-refractivity contribution in [2.45, 2.75) is 104 Å². The number of anilines is 1. The molecular weight excluding hydrogens is 406 g/mol. The highest BCUT2D eigenvalue weighted by Gasteiger charge is 2.60. The van der Waals surface area contributed by atoms with Gasteiger partial charge in [-0.1, -0.05) is 19.9 Å². The number of hydrogen-bond donors (Lipinski definition) is 2. The number of nitrogens with zero attached hydrogens (tertiary/aromatic N) is 1. The molecule has 0 aliphatic heterocycles. The van der Waals surface area contributed by atoms with E-state index in [0.29, 0.717) is 34.8 Å². The average molecular weight is 450 g/mol. The fourth-order valence-corrected chi connectivity index (χ4v) is 9.55. The lowest BCUT2D eigenvalue weighted by atomic mass is 9.44. The Hall–Kier alpha value is -1.55. The van der Waals surface area contributed by atoms with Crippen LogP contribution in [0.5, 0.6) is 0 Å². The van der Waals surface area contributed by atoms with E-state index in [-0.39, 0.29) is 0 Å². The van der Waals surface area contributed by atoms with Crippen molar-refractivity contribution in [1.29, 1.82) is 0 Å². The Morgan fingerprint density at radius 3 is 2.61 bits per heavy atom. The van der Waals surface area contributed by atoms with Crippen molar-refractivity contribution in [3.05, 3.63) is 23.8 Å². The molecule has 3 N–H and O–H groups in total. The van der Waals surface area contributed by atoms with E-state index in [4.69, 9.17) is 10.5 Å². The summed E-state index contributed by atoms with van der Waals surface area (Å²) in [6.45, 7) is 9.70. The van der Waals surface area contributed by atoms with E-state index in [2.05, 4.69) is 56.1 Å². The molecule has 0 saturated heterocycles. The lowest BCUT2D eigenvalue weighted by molar-refractivity contribution is -0.137. The highest BCUT2D eigenvalue weighted by molar-refractivity contribution is 5.89. The number of benzene rings is 1. The molecule has 0 amide bonds. The minimum Gasteiger partial charge on any atom is -0.382 e. The zero-order chi connectivity index (χ0) is 23.0. The minimum absolute atomic E-state index is 0.360. The first-order chi connectivity index (χ1) is 15.8. The summed E-state index contributed by atoms with van der Waals surface area (Å²) in [6.07, 6.45) is 13.2. The van der Waals surface area contributed by atoms with Gasteiger partial charge in [-0.3, -0.25) is 5.10 Å². The number of rotatable bonds is 3. The standard InChI is InChI=1S/C29H43N3O/c1-17(2)33-20-11-13-28(3)19(16-20)6-8-21-24-10-9-23(29(24,4)14-12-25(21)28)18-5-7-22-26(15-18)31-32-27(22)30/h5,7,15,17,19-21,23-25H,6,8-14,16H2,1-4H3,(H3,30,31,32)/t19-,20+,21-,23+,24-,25-,28-,29+/m0/s1. The van der Waals surface area contributed by atoms with E-state index in [9.17, 15) is 0 Å². The van der Waals surface area contributed by atoms with Crippen molar-refractivity contribution >= 4 is 16.7 Å². The first-order valence-electron chi connectivity index (χ1n) is 13.7. The fourth-order valence-electron chi connectivity index (χ4n) is 9.55. The third kappa shape index (κ3) is 3.30. The number of nitrogens with one attached hydrogen (secondary N) is 1. The molecule has 1 aromatic heterocycles. The Morgan fingerprint density at radius 2 is 1.79 bits per heavy atom. The summed E-state index contributed by atoms with van der Waals surface area (Å²) in [5.41, 5.74) is 9.60. The number of aromatic amines is 1. The van der Waals surface area contributed by atoms with Crippen LogP contribution in [0, 0.1) is 34.5 Å². The van der Waals surface area contributed by atoms with Gasteiger partial charge in [0, 0.05) is 5.39 Å². The van der Waals surface area contributed by atoms with Crippen molar-refractivity contribution < 1.29 is 4.74 Å². The maximum Gasteiger partial charge on any atom is 0.153 e. The molecule has 6 rings (SSSR count). The van der Waals surface area contributed by atoms with Crippen molar-refractivity contribution in [3.63, 3.8) is 0 Å². The third-order valence-electron chi connectivity index (χ3n) is 11.1. The van der Waals surface area contributed by atoms with Gasteiger partial charge < -0.3 is 10.5 Å². The normalized spacial score (nSPS) is 42.8. The number of aromatic nitrogens is 2. The number of nitrogens with two attached hydrogens (primary N) is 1. The highest BCUT2D eigenvalue weighted by atomic mass is 16.5. The van der Waals surface area contributed by atoms with Crippen LogP contribution < -0.4 is 5.73 Å². The van der Waals surface area contributed by atoms with Crippen LogP contribution in [0.1, 0.15) is 97.0 Å². The Labute approximate surface area is 199 Å². The second-order valence-electron chi connectivity index (χ2n) is 12.8. The predicted molar refractivity (Wildman–Crippen MR) is 135 cm³/mol. The molecule has 1 heterocycles. The second-order valence-corrected chi connectivity index (χ2v) is 12.8. The van der Waals surface area contributed by atoms with Crippen LogP contribution in [-0.2, 0) is 4.74 Å². The molecule has 0 spiro atoms. The summed E-state index contributed by atoms with van der Waals surface area (Å²) < 4.78 is 6.29. The number of hydrogen-bond acceptors (Lipinski definition) is 3. The van der Waals surface area contributed by atoms with Gasteiger partial charge in [0.1, 0.15) is 0 Å². The maximum atomic E-state index is 6.29. The molecule has 0 radical (unpaired) electrons. The number of fused-ring (bicyclic) bond motifs is 6. The van der Waals surface area contributed by atoms with Crippen LogP contribution in [0.3, 0.4) is 0 Å². The van der Waals surface area contributed by atoms with Gasteiger partial charge in [0.25, 0.3) is 0 Å². The smallest absolute Gasteiger partial charge is 0.153 e. The Bertz CT molecular complexity index is 1030. The van der Waals surface area contributed by atoms with Gasteiger partial charge in [0.15, 0.2) is 5.82 Å². The number of ether oxygens (including phenoxy) is 1. The largest absolute Gasteiger partial charge is 0.382 e. The van der Waals surface area contributed by atoms with Gasteiger partial charge in [0.2, 0.25) is 0 Å². The molecule has 1 aromatic carbocycles. The van der Waals surface area contributed by atoms with E-state index >= 15 is 0 Å². The summed E-state index contributed by atoms with van der Waals surface area (Å²) in [5, 5.41) is 8.44. The molecular formula is C29H43N3O. The third-order valence-corrected chi connectivity index (χ3v) is 11.1. The summed E-state index contributed by atoms with van der Waals surface area (Å²) in [5.74, 6) is 4.87. The van der Waals surface area contributed by atoms with Crippen LogP contribution in [-0.4, -0.2) is 22.4 Å². The molecule has 4 fully saturated rings.